The highest BCUT2D eigenvalue weighted by Gasteiger charge is 2.17. The summed E-state index contributed by atoms with van der Waals surface area (Å²) >= 11 is 0. The zero-order valence-electron chi connectivity index (χ0n) is 14.1. The van der Waals surface area contributed by atoms with E-state index in [9.17, 15) is 9.50 Å². The molecule has 126 valence electrons. The zero-order valence-corrected chi connectivity index (χ0v) is 14.1. The summed E-state index contributed by atoms with van der Waals surface area (Å²) in [6, 6.07) is 5.44. The topological polar surface area (TPSA) is 37.2 Å². The number of nitrogens with one attached hydrogen (secondary N) is 1. The van der Waals surface area contributed by atoms with Crippen molar-refractivity contribution >= 4 is 10.9 Å². The summed E-state index contributed by atoms with van der Waals surface area (Å²) in [5.41, 5.74) is 3.19. The molecule has 0 radical (unpaired) electrons. The molecule has 0 aliphatic heterocycles. The lowest BCUT2D eigenvalue weighted by molar-refractivity contribution is 0.145. The largest absolute Gasteiger partial charge is 0.390 e. The quantitative estimate of drug-likeness (QED) is 0.882. The summed E-state index contributed by atoms with van der Waals surface area (Å²) in [5.74, 6) is -0.211. The molecule has 0 unspecified atom stereocenters. The van der Waals surface area contributed by atoms with Gasteiger partial charge < -0.3 is 15.0 Å². The van der Waals surface area contributed by atoms with Crippen LogP contribution in [0.1, 0.15) is 43.4 Å². The third-order valence-corrected chi connectivity index (χ3v) is 5.24. The number of halogens is 1. The number of hydrogen-bond acceptors (Lipinski definition) is 2. The normalized spacial score (nSPS) is 17.7. The van der Waals surface area contributed by atoms with Crippen LogP contribution in [0, 0.1) is 19.7 Å². The highest BCUT2D eigenvalue weighted by atomic mass is 19.1. The van der Waals surface area contributed by atoms with Crippen LogP contribution in [0.4, 0.5) is 4.39 Å². The van der Waals surface area contributed by atoms with Crippen LogP contribution in [0.15, 0.2) is 18.2 Å². The number of aliphatic hydroxyl groups is 1. The second kappa shape index (κ2) is 7.02. The molecule has 1 atom stereocenters. The Kier molecular flexibility index (Phi) is 5.02. The smallest absolute Gasteiger partial charge is 0.123 e. The second-order valence-corrected chi connectivity index (χ2v) is 6.88. The standard InChI is InChI=1S/C19H27FN2O/c1-13-14(2)22(19-9-8-15(20)10-18(13)19)12-17(23)11-21-16-6-4-3-5-7-16/h8-10,16-17,21,23H,3-7,11-12H2,1-2H3/t17-/m0/s1. The van der Waals surface area contributed by atoms with Crippen molar-refractivity contribution in [1.29, 1.82) is 0 Å². The highest BCUT2D eigenvalue weighted by molar-refractivity contribution is 5.85. The maximum absolute atomic E-state index is 13.5. The Morgan fingerprint density at radius 2 is 2.00 bits per heavy atom. The number of rotatable bonds is 5. The van der Waals surface area contributed by atoms with Gasteiger partial charge in [-0.05, 0) is 50.5 Å². The molecule has 3 rings (SSSR count). The van der Waals surface area contributed by atoms with Gasteiger partial charge in [-0.2, -0.15) is 0 Å². The van der Waals surface area contributed by atoms with E-state index >= 15 is 0 Å². The third-order valence-electron chi connectivity index (χ3n) is 5.24. The number of nitrogens with zero attached hydrogens (tertiary/aromatic N) is 1. The van der Waals surface area contributed by atoms with Gasteiger partial charge in [0.15, 0.2) is 0 Å². The minimum Gasteiger partial charge on any atom is -0.390 e. The van der Waals surface area contributed by atoms with Gasteiger partial charge in [0.05, 0.1) is 12.6 Å². The Labute approximate surface area is 137 Å². The van der Waals surface area contributed by atoms with Gasteiger partial charge in [0.2, 0.25) is 0 Å². The molecular formula is C19H27FN2O. The van der Waals surface area contributed by atoms with E-state index in [-0.39, 0.29) is 5.82 Å². The average molecular weight is 318 g/mol. The van der Waals surface area contributed by atoms with E-state index in [1.165, 1.54) is 38.2 Å². The van der Waals surface area contributed by atoms with Crippen molar-refractivity contribution in [3.8, 4) is 0 Å². The molecule has 3 nitrogen and oxygen atoms in total. The van der Waals surface area contributed by atoms with Gasteiger partial charge in [-0.25, -0.2) is 4.39 Å². The zero-order chi connectivity index (χ0) is 16.4. The summed E-state index contributed by atoms with van der Waals surface area (Å²) in [4.78, 5) is 0. The van der Waals surface area contributed by atoms with E-state index in [0.717, 1.165) is 22.2 Å². The maximum Gasteiger partial charge on any atom is 0.123 e. The van der Waals surface area contributed by atoms with Crippen LogP contribution in [-0.2, 0) is 6.54 Å². The van der Waals surface area contributed by atoms with Crippen LogP contribution in [-0.4, -0.2) is 28.4 Å². The SMILES string of the molecule is Cc1c(C)n(C[C@@H](O)CNC2CCCCC2)c2ccc(F)cc12. The first kappa shape index (κ1) is 16.5. The number of benzene rings is 1. The molecule has 1 fully saturated rings. The van der Waals surface area contributed by atoms with Crippen molar-refractivity contribution in [2.75, 3.05) is 6.54 Å². The first-order chi connectivity index (χ1) is 11.1. The number of aliphatic hydroxyl groups excluding tert-OH is 1. The lowest BCUT2D eigenvalue weighted by Crippen LogP contribution is -2.38. The second-order valence-electron chi connectivity index (χ2n) is 6.88. The minimum absolute atomic E-state index is 0.211. The van der Waals surface area contributed by atoms with E-state index < -0.39 is 6.10 Å². The van der Waals surface area contributed by atoms with Gasteiger partial charge >= 0.3 is 0 Å². The van der Waals surface area contributed by atoms with Crippen LogP contribution in [0.2, 0.25) is 0 Å². The van der Waals surface area contributed by atoms with E-state index in [0.29, 0.717) is 19.1 Å². The van der Waals surface area contributed by atoms with Crippen molar-refractivity contribution < 1.29 is 9.50 Å². The van der Waals surface area contributed by atoms with E-state index in [2.05, 4.69) is 9.88 Å². The Balaban J connectivity index is 1.69. The van der Waals surface area contributed by atoms with Gasteiger partial charge in [0, 0.05) is 29.2 Å². The van der Waals surface area contributed by atoms with Gasteiger partial charge in [-0.1, -0.05) is 19.3 Å². The fraction of sp³-hybridized carbons (Fsp3) is 0.579. The molecule has 1 aliphatic rings. The van der Waals surface area contributed by atoms with Crippen LogP contribution in [0.25, 0.3) is 10.9 Å². The summed E-state index contributed by atoms with van der Waals surface area (Å²) in [6.07, 6.45) is 5.92. The fourth-order valence-electron chi connectivity index (χ4n) is 3.74. The van der Waals surface area contributed by atoms with Gasteiger partial charge in [-0.15, -0.1) is 0 Å². The molecule has 0 saturated heterocycles. The molecule has 0 amide bonds. The van der Waals surface area contributed by atoms with Gasteiger partial charge in [-0.3, -0.25) is 0 Å². The summed E-state index contributed by atoms with van der Waals surface area (Å²) < 4.78 is 15.6. The van der Waals surface area contributed by atoms with Crippen molar-refractivity contribution in [2.45, 2.75) is 64.6 Å². The number of hydrogen-bond donors (Lipinski definition) is 2. The van der Waals surface area contributed by atoms with E-state index in [1.54, 1.807) is 6.07 Å². The maximum atomic E-state index is 13.5. The predicted molar refractivity (Wildman–Crippen MR) is 92.3 cm³/mol. The van der Waals surface area contributed by atoms with Crippen molar-refractivity contribution in [1.82, 2.24) is 9.88 Å². The molecule has 2 N–H and O–H groups in total. The molecule has 4 heteroatoms. The molecular weight excluding hydrogens is 291 g/mol. The van der Waals surface area contributed by atoms with E-state index in [4.69, 9.17) is 0 Å². The molecule has 23 heavy (non-hydrogen) atoms. The lowest BCUT2D eigenvalue weighted by atomic mass is 9.95. The number of fused-ring (bicyclic) bond motifs is 1. The lowest BCUT2D eigenvalue weighted by Gasteiger charge is -2.24. The Morgan fingerprint density at radius 3 is 2.74 bits per heavy atom. The van der Waals surface area contributed by atoms with Crippen LogP contribution < -0.4 is 5.32 Å². The van der Waals surface area contributed by atoms with Crippen LogP contribution in [0.3, 0.4) is 0 Å². The van der Waals surface area contributed by atoms with Gasteiger partial charge in [0.25, 0.3) is 0 Å². The molecule has 1 aromatic carbocycles. The van der Waals surface area contributed by atoms with Crippen molar-refractivity contribution in [3.63, 3.8) is 0 Å². The summed E-state index contributed by atoms with van der Waals surface area (Å²) in [7, 11) is 0. The number of aromatic nitrogens is 1. The number of aryl methyl sites for hydroxylation is 1. The Hall–Kier alpha value is -1.39. The molecule has 0 bridgehead atoms. The Morgan fingerprint density at radius 1 is 1.26 bits per heavy atom. The van der Waals surface area contributed by atoms with Crippen LogP contribution >= 0.6 is 0 Å². The monoisotopic (exact) mass is 318 g/mol. The van der Waals surface area contributed by atoms with E-state index in [1.807, 2.05) is 19.9 Å². The fourth-order valence-corrected chi connectivity index (χ4v) is 3.74. The molecule has 2 aromatic rings. The minimum atomic E-state index is -0.435. The van der Waals surface area contributed by atoms with Crippen molar-refractivity contribution in [2.24, 2.45) is 0 Å². The molecule has 1 aromatic heterocycles. The predicted octanol–water partition coefficient (Wildman–Crippen LogP) is 3.68. The van der Waals surface area contributed by atoms with Gasteiger partial charge in [0.1, 0.15) is 5.82 Å². The van der Waals surface area contributed by atoms with Crippen molar-refractivity contribution in [3.05, 3.63) is 35.3 Å². The summed E-state index contributed by atoms with van der Waals surface area (Å²) in [5, 5.41) is 14.9. The molecule has 1 heterocycles. The molecule has 1 aliphatic carbocycles. The third kappa shape index (κ3) is 3.59. The van der Waals surface area contributed by atoms with Crippen LogP contribution in [0.5, 0.6) is 0 Å². The molecule has 0 spiro atoms. The highest BCUT2D eigenvalue weighted by Crippen LogP contribution is 2.26. The Bertz CT molecular complexity index is 674. The summed E-state index contributed by atoms with van der Waals surface area (Å²) in [6.45, 7) is 5.21. The first-order valence-electron chi connectivity index (χ1n) is 8.72. The first-order valence-corrected chi connectivity index (χ1v) is 8.72. The average Bonchev–Trinajstić information content (AvgIpc) is 2.79. The molecule has 1 saturated carbocycles.